The van der Waals surface area contributed by atoms with Gasteiger partial charge >= 0.3 is 0 Å². The molecule has 3 unspecified atom stereocenters. The fourth-order valence-corrected chi connectivity index (χ4v) is 6.30. The highest BCUT2D eigenvalue weighted by molar-refractivity contribution is 7.93. The first-order valence-corrected chi connectivity index (χ1v) is 12.0. The molecule has 0 heterocycles. The second-order valence-electron chi connectivity index (χ2n) is 5.28. The molecule has 0 bridgehead atoms. The first-order chi connectivity index (χ1) is 10.1. The largest absolute Gasteiger partial charge is 0.376 e. The van der Waals surface area contributed by atoms with Gasteiger partial charge in [-0.05, 0) is 6.92 Å². The highest BCUT2D eigenvalue weighted by Crippen LogP contribution is 2.39. The van der Waals surface area contributed by atoms with Crippen LogP contribution in [0.1, 0.15) is 27.7 Å². The monoisotopic (exact) mass is 396 g/mol. The highest BCUT2D eigenvalue weighted by Gasteiger charge is 2.58. The van der Waals surface area contributed by atoms with Crippen molar-refractivity contribution in [1.82, 2.24) is 0 Å². The molecule has 0 aromatic rings. The fraction of sp³-hybridized carbons (Fsp3) is 1.00. The zero-order valence-corrected chi connectivity index (χ0v) is 15.8. The van der Waals surface area contributed by atoms with Crippen LogP contribution in [0.15, 0.2) is 0 Å². The maximum atomic E-state index is 11.9. The van der Waals surface area contributed by atoms with Crippen LogP contribution in [0.3, 0.4) is 0 Å². The van der Waals surface area contributed by atoms with Gasteiger partial charge in [0.25, 0.3) is 0 Å². The second kappa shape index (κ2) is 7.31. The molecular formula is C11H24O9S3. The Morgan fingerprint density at radius 2 is 0.826 bits per heavy atom. The van der Waals surface area contributed by atoms with Crippen LogP contribution >= 0.6 is 0 Å². The van der Waals surface area contributed by atoms with Gasteiger partial charge in [0.2, 0.25) is 0 Å². The Balaban J connectivity index is 6.55. The first kappa shape index (κ1) is 22.7. The van der Waals surface area contributed by atoms with Crippen molar-refractivity contribution in [2.45, 2.75) is 44.0 Å². The van der Waals surface area contributed by atoms with Gasteiger partial charge in [-0.1, -0.05) is 20.8 Å². The molecule has 0 aliphatic carbocycles. The molecule has 3 atom stereocenters. The lowest BCUT2D eigenvalue weighted by Crippen LogP contribution is -2.59. The number of sulfone groups is 3. The zero-order valence-electron chi connectivity index (χ0n) is 13.4. The van der Waals surface area contributed by atoms with Gasteiger partial charge in [0.15, 0.2) is 45.8 Å². The molecule has 9 nitrogen and oxygen atoms in total. The number of hydrogen-bond acceptors (Lipinski definition) is 9. The summed E-state index contributed by atoms with van der Waals surface area (Å²) < 4.78 is 71.5. The molecule has 0 amide bonds. The minimum atomic E-state index is -4.38. The summed E-state index contributed by atoms with van der Waals surface area (Å²) in [5, 5.41) is 30.4. The maximum Gasteiger partial charge on any atom is 0.177 e. The molecule has 0 spiro atoms. The topological polar surface area (TPSA) is 163 Å². The summed E-state index contributed by atoms with van der Waals surface area (Å²) in [6.07, 6.45) is 0. The van der Waals surface area contributed by atoms with Crippen molar-refractivity contribution in [2.24, 2.45) is 5.41 Å². The molecule has 0 saturated heterocycles. The number of rotatable bonds is 9. The summed E-state index contributed by atoms with van der Waals surface area (Å²) in [6.45, 7) is 4.18. The van der Waals surface area contributed by atoms with Crippen molar-refractivity contribution >= 4 is 29.5 Å². The van der Waals surface area contributed by atoms with Crippen LogP contribution < -0.4 is 0 Å². The lowest BCUT2D eigenvalue weighted by atomic mass is 9.93. The maximum absolute atomic E-state index is 11.9. The predicted molar refractivity (Wildman–Crippen MR) is 84.5 cm³/mol. The van der Waals surface area contributed by atoms with E-state index in [9.17, 15) is 40.6 Å². The van der Waals surface area contributed by atoms with E-state index in [0.29, 0.717) is 0 Å². The fourth-order valence-electron chi connectivity index (χ4n) is 2.00. The smallest absolute Gasteiger partial charge is 0.177 e. The van der Waals surface area contributed by atoms with Gasteiger partial charge in [0.05, 0.1) is 5.41 Å². The number of hydrogen-bond donors (Lipinski definition) is 3. The lowest BCUT2D eigenvalue weighted by Gasteiger charge is -2.40. The van der Waals surface area contributed by atoms with E-state index in [2.05, 4.69) is 0 Å². The first-order valence-electron chi connectivity index (χ1n) is 6.84. The Hall–Kier alpha value is -0.270. The van der Waals surface area contributed by atoms with Gasteiger partial charge in [0.1, 0.15) is 0 Å². The van der Waals surface area contributed by atoms with Gasteiger partial charge in [0, 0.05) is 17.3 Å². The van der Waals surface area contributed by atoms with Crippen LogP contribution in [-0.4, -0.2) is 74.1 Å². The summed E-state index contributed by atoms with van der Waals surface area (Å²) in [5.74, 6) is -1.91. The van der Waals surface area contributed by atoms with Crippen LogP contribution in [0.5, 0.6) is 0 Å². The number of aliphatic hydroxyl groups is 3. The normalized spacial score (nSPS) is 20.5. The molecule has 0 aliphatic rings. The summed E-state index contributed by atoms with van der Waals surface area (Å²) in [6, 6.07) is 0. The quantitative estimate of drug-likeness (QED) is 0.410. The van der Waals surface area contributed by atoms with E-state index in [4.69, 9.17) is 0 Å². The molecule has 0 aromatic heterocycles. The van der Waals surface area contributed by atoms with E-state index < -0.39 is 68.5 Å². The summed E-state index contributed by atoms with van der Waals surface area (Å²) in [7, 11) is -13.1. The second-order valence-corrected chi connectivity index (χ2v) is 12.3. The third-order valence-corrected chi connectivity index (χ3v) is 9.80. The average Bonchev–Trinajstić information content (AvgIpc) is 2.51. The third kappa shape index (κ3) is 4.23. The van der Waals surface area contributed by atoms with E-state index >= 15 is 0 Å². The Morgan fingerprint density at radius 1 is 0.652 bits per heavy atom. The van der Waals surface area contributed by atoms with Crippen molar-refractivity contribution in [3.63, 3.8) is 0 Å². The minimum absolute atomic E-state index is 0.637. The molecule has 0 aliphatic heterocycles. The van der Waals surface area contributed by atoms with E-state index in [1.165, 1.54) is 0 Å². The Labute approximate surface area is 137 Å². The summed E-state index contributed by atoms with van der Waals surface area (Å²) >= 11 is 0. The molecule has 3 N–H and O–H groups in total. The molecule has 0 aromatic carbocycles. The molecule has 0 saturated carbocycles. The molecule has 0 rings (SSSR count). The Bertz CT molecular complexity index is 608. The van der Waals surface area contributed by atoms with Crippen molar-refractivity contribution in [1.29, 1.82) is 0 Å². The third-order valence-electron chi connectivity index (χ3n) is 3.82. The summed E-state index contributed by atoms with van der Waals surface area (Å²) in [5.41, 5.74) is -10.5. The molecular weight excluding hydrogens is 372 g/mol. The van der Waals surface area contributed by atoms with Crippen LogP contribution in [0.2, 0.25) is 0 Å². The van der Waals surface area contributed by atoms with Crippen molar-refractivity contribution in [3.8, 4) is 0 Å². The van der Waals surface area contributed by atoms with Crippen LogP contribution in [0, 0.1) is 5.41 Å². The van der Waals surface area contributed by atoms with Gasteiger partial charge in [-0.15, -0.1) is 0 Å². The standard InChI is InChI=1S/C11H24O9S3/c1-5-21(15,16)8(12)11(4,9(13)22(17,18)6-2)10(14)23(19,20)7-3/h8-10,12-14H,5-7H2,1-4H3. The molecule has 12 heteroatoms. The van der Waals surface area contributed by atoms with E-state index in [0.717, 1.165) is 27.7 Å². The predicted octanol–water partition coefficient (Wildman–Crippen LogP) is -1.75. The van der Waals surface area contributed by atoms with Crippen molar-refractivity contribution in [2.75, 3.05) is 17.3 Å². The molecule has 0 fully saturated rings. The number of aliphatic hydroxyl groups excluding tert-OH is 3. The minimum Gasteiger partial charge on any atom is -0.376 e. The summed E-state index contributed by atoms with van der Waals surface area (Å²) in [4.78, 5) is 0. The van der Waals surface area contributed by atoms with Crippen molar-refractivity contribution in [3.05, 3.63) is 0 Å². The molecule has 0 radical (unpaired) electrons. The van der Waals surface area contributed by atoms with E-state index in [-0.39, 0.29) is 0 Å². The highest BCUT2D eigenvalue weighted by atomic mass is 32.2. The molecule has 23 heavy (non-hydrogen) atoms. The Morgan fingerprint density at radius 3 is 0.957 bits per heavy atom. The molecule has 140 valence electrons. The SMILES string of the molecule is CCS(=O)(=O)C(O)C(C)(C(O)S(=O)(=O)CC)C(O)S(=O)(=O)CC. The van der Waals surface area contributed by atoms with E-state index in [1.54, 1.807) is 0 Å². The van der Waals surface area contributed by atoms with Gasteiger partial charge < -0.3 is 15.3 Å². The Kier molecular flexibility index (Phi) is 7.23. The van der Waals surface area contributed by atoms with Gasteiger partial charge in [-0.2, -0.15) is 0 Å². The zero-order chi connectivity index (χ0) is 18.9. The van der Waals surface area contributed by atoms with Gasteiger partial charge in [-0.3, -0.25) is 0 Å². The average molecular weight is 397 g/mol. The van der Waals surface area contributed by atoms with Crippen LogP contribution in [0.4, 0.5) is 0 Å². The van der Waals surface area contributed by atoms with Crippen LogP contribution in [0.25, 0.3) is 0 Å². The van der Waals surface area contributed by atoms with Crippen LogP contribution in [-0.2, 0) is 29.5 Å². The van der Waals surface area contributed by atoms with Crippen molar-refractivity contribution < 1.29 is 40.6 Å². The van der Waals surface area contributed by atoms with E-state index in [1.807, 2.05) is 0 Å². The lowest BCUT2D eigenvalue weighted by molar-refractivity contribution is -0.0398. The van der Waals surface area contributed by atoms with Gasteiger partial charge in [-0.25, -0.2) is 25.3 Å².